The molecule has 2 saturated heterocycles. The molecule has 4 aliphatic rings. The Morgan fingerprint density at radius 3 is 1.34 bits per heavy atom. The first-order chi connectivity index (χ1) is 18.5. The number of hydrogen-bond acceptors (Lipinski definition) is 5. The molecule has 2 heterocycles. The van der Waals surface area contributed by atoms with E-state index in [2.05, 4.69) is 0 Å². The summed E-state index contributed by atoms with van der Waals surface area (Å²) in [6.07, 6.45) is 7.96. The molecule has 2 aromatic rings. The molecule has 7 nitrogen and oxygen atoms in total. The van der Waals surface area contributed by atoms with Crippen molar-refractivity contribution in [3.05, 3.63) is 107 Å². The van der Waals surface area contributed by atoms with Gasteiger partial charge >= 0.3 is 0 Å². The Hall–Kier alpha value is -4.52. The number of anilines is 2. The van der Waals surface area contributed by atoms with Crippen molar-refractivity contribution < 1.29 is 19.2 Å². The summed E-state index contributed by atoms with van der Waals surface area (Å²) in [7, 11) is 0. The van der Waals surface area contributed by atoms with E-state index in [4.69, 9.17) is 0 Å². The Balaban J connectivity index is 1.50. The van der Waals surface area contributed by atoms with Crippen LogP contribution in [-0.4, -0.2) is 39.6 Å². The van der Waals surface area contributed by atoms with Crippen LogP contribution < -0.4 is 5.01 Å². The standard InChI is InChI=1S/C31H27N3O4/c1-3-19(4-2)32-28(35)22-15-17-24-27-25(18-16-23(26(22)27)29(32)36)31(38)34(30(24)37)33(20-11-7-5-8-12-20)21-13-9-6-10-14-21/h5-19,26-27H,3-4H2,1-2H3. The largest absolute Gasteiger partial charge is 0.276 e. The van der Waals surface area contributed by atoms with Crippen LogP contribution in [0.5, 0.6) is 0 Å². The summed E-state index contributed by atoms with van der Waals surface area (Å²) in [6.45, 7) is 3.92. The Morgan fingerprint density at radius 1 is 0.605 bits per heavy atom. The maximum Gasteiger partial charge on any atom is 0.276 e. The molecule has 0 spiro atoms. The molecule has 0 atom stereocenters. The third kappa shape index (κ3) is 3.35. The zero-order valence-electron chi connectivity index (χ0n) is 21.2. The lowest BCUT2D eigenvalue weighted by Crippen LogP contribution is -2.59. The first-order valence-electron chi connectivity index (χ1n) is 13.0. The number of imide groups is 2. The van der Waals surface area contributed by atoms with Gasteiger partial charge < -0.3 is 0 Å². The number of benzene rings is 2. The number of hydrazine groups is 1. The second-order valence-corrected chi connectivity index (χ2v) is 9.80. The Kier molecular flexibility index (Phi) is 5.71. The van der Waals surface area contributed by atoms with Crippen LogP contribution in [0.25, 0.3) is 0 Å². The van der Waals surface area contributed by atoms with Gasteiger partial charge in [-0.25, -0.2) is 5.01 Å². The van der Waals surface area contributed by atoms with Gasteiger partial charge in [0.1, 0.15) is 0 Å². The van der Waals surface area contributed by atoms with Crippen LogP contribution >= 0.6 is 0 Å². The summed E-state index contributed by atoms with van der Waals surface area (Å²) in [5, 5.41) is 2.78. The van der Waals surface area contributed by atoms with E-state index in [0.29, 0.717) is 46.5 Å². The summed E-state index contributed by atoms with van der Waals surface area (Å²) < 4.78 is 0. The number of carbonyl (C=O) groups is 4. The normalized spacial score (nSPS) is 22.1. The predicted octanol–water partition coefficient (Wildman–Crippen LogP) is 4.63. The van der Waals surface area contributed by atoms with E-state index < -0.39 is 23.7 Å². The molecule has 38 heavy (non-hydrogen) atoms. The minimum Gasteiger partial charge on any atom is -0.272 e. The van der Waals surface area contributed by atoms with Crippen LogP contribution in [0.4, 0.5) is 11.4 Å². The van der Waals surface area contributed by atoms with Crippen LogP contribution in [0.1, 0.15) is 26.7 Å². The minimum absolute atomic E-state index is 0.205. The van der Waals surface area contributed by atoms with Crippen LogP contribution in [0.15, 0.2) is 107 Å². The Bertz CT molecular complexity index is 1380. The fourth-order valence-electron chi connectivity index (χ4n) is 6.04. The number of allylic oxidation sites excluding steroid dienone is 4. The van der Waals surface area contributed by atoms with E-state index in [1.807, 2.05) is 74.5 Å². The highest BCUT2D eigenvalue weighted by molar-refractivity contribution is 6.21. The van der Waals surface area contributed by atoms with Gasteiger partial charge in [0.05, 0.1) is 11.4 Å². The van der Waals surface area contributed by atoms with E-state index in [1.54, 1.807) is 29.3 Å². The lowest BCUT2D eigenvalue weighted by Gasteiger charge is -2.48. The number of nitrogens with zero attached hydrogens (tertiary/aromatic N) is 3. The van der Waals surface area contributed by atoms with Gasteiger partial charge in [0.2, 0.25) is 0 Å². The number of rotatable bonds is 6. The number of para-hydroxylation sites is 2. The first kappa shape index (κ1) is 23.9. The van der Waals surface area contributed by atoms with Gasteiger partial charge in [0.25, 0.3) is 23.6 Å². The number of amides is 4. The molecule has 190 valence electrons. The third-order valence-corrected chi connectivity index (χ3v) is 7.88. The van der Waals surface area contributed by atoms with Crippen molar-refractivity contribution in [1.82, 2.24) is 9.91 Å². The van der Waals surface area contributed by atoms with Gasteiger partial charge in [-0.05, 0) is 37.1 Å². The Morgan fingerprint density at radius 2 is 0.974 bits per heavy atom. The first-order valence-corrected chi connectivity index (χ1v) is 13.0. The highest BCUT2D eigenvalue weighted by Gasteiger charge is 2.55. The maximum atomic E-state index is 14.1. The molecular weight excluding hydrogens is 478 g/mol. The van der Waals surface area contributed by atoms with Gasteiger partial charge in [-0.3, -0.25) is 24.1 Å². The molecule has 4 amide bonds. The molecule has 2 aromatic carbocycles. The van der Waals surface area contributed by atoms with Crippen molar-refractivity contribution >= 4 is 35.0 Å². The van der Waals surface area contributed by atoms with Crippen LogP contribution in [0.3, 0.4) is 0 Å². The molecule has 2 fully saturated rings. The highest BCUT2D eigenvalue weighted by Crippen LogP contribution is 2.50. The lowest BCUT2D eigenvalue weighted by atomic mass is 9.63. The summed E-state index contributed by atoms with van der Waals surface area (Å²) in [4.78, 5) is 56.6. The predicted molar refractivity (Wildman–Crippen MR) is 142 cm³/mol. The van der Waals surface area contributed by atoms with Crippen molar-refractivity contribution in [2.45, 2.75) is 32.7 Å². The smallest absolute Gasteiger partial charge is 0.272 e. The van der Waals surface area contributed by atoms with Crippen molar-refractivity contribution in [2.24, 2.45) is 11.8 Å². The molecule has 0 unspecified atom stereocenters. The average molecular weight is 506 g/mol. The number of likely N-dealkylation sites (tertiary alicyclic amines) is 1. The van der Waals surface area contributed by atoms with E-state index in [-0.39, 0.29) is 17.9 Å². The zero-order valence-corrected chi connectivity index (χ0v) is 21.2. The SMILES string of the molecule is CCC(CC)N1C(=O)C2=CC=C3C(=O)N(N(c4ccccc4)c4ccccc4)C(=O)C4=CC=C(C1=O)C2C34. The van der Waals surface area contributed by atoms with Gasteiger partial charge in [0.15, 0.2) is 0 Å². The fourth-order valence-corrected chi connectivity index (χ4v) is 6.04. The topological polar surface area (TPSA) is 78.0 Å². The summed E-state index contributed by atoms with van der Waals surface area (Å²) >= 11 is 0. The average Bonchev–Trinajstić information content (AvgIpc) is 2.96. The maximum absolute atomic E-state index is 14.1. The molecule has 2 aliphatic heterocycles. The van der Waals surface area contributed by atoms with Crippen molar-refractivity contribution in [3.63, 3.8) is 0 Å². The summed E-state index contributed by atoms with van der Waals surface area (Å²) in [5.41, 5.74) is 3.01. The molecule has 0 aromatic heterocycles. The molecule has 0 N–H and O–H groups in total. The second kappa shape index (κ2) is 9.10. The zero-order chi connectivity index (χ0) is 26.6. The second-order valence-electron chi connectivity index (χ2n) is 9.80. The van der Waals surface area contributed by atoms with Gasteiger partial charge in [0, 0.05) is 40.2 Å². The van der Waals surface area contributed by atoms with Gasteiger partial charge in [-0.15, -0.1) is 0 Å². The highest BCUT2D eigenvalue weighted by atomic mass is 16.2. The van der Waals surface area contributed by atoms with Gasteiger partial charge in [-0.2, -0.15) is 5.01 Å². The van der Waals surface area contributed by atoms with E-state index in [9.17, 15) is 19.2 Å². The van der Waals surface area contributed by atoms with E-state index in [0.717, 1.165) is 0 Å². The molecule has 0 saturated carbocycles. The quantitative estimate of drug-likeness (QED) is 0.535. The number of carbonyl (C=O) groups excluding carboxylic acids is 4. The monoisotopic (exact) mass is 505 g/mol. The lowest BCUT2D eigenvalue weighted by molar-refractivity contribution is -0.148. The van der Waals surface area contributed by atoms with E-state index in [1.165, 1.54) is 9.91 Å². The number of piperidine rings is 2. The molecular formula is C31H27N3O4. The van der Waals surface area contributed by atoms with Crippen molar-refractivity contribution in [2.75, 3.05) is 5.01 Å². The Labute approximate surface area is 221 Å². The van der Waals surface area contributed by atoms with Crippen molar-refractivity contribution in [3.8, 4) is 0 Å². The molecule has 2 aliphatic carbocycles. The molecule has 6 rings (SSSR count). The molecule has 0 bridgehead atoms. The van der Waals surface area contributed by atoms with Crippen LogP contribution in [0, 0.1) is 11.8 Å². The summed E-state index contributed by atoms with van der Waals surface area (Å²) in [6, 6.07) is 18.3. The van der Waals surface area contributed by atoms with Crippen LogP contribution in [-0.2, 0) is 19.2 Å². The minimum atomic E-state index is -0.670. The molecule has 0 radical (unpaired) electrons. The molecule has 7 heteroatoms. The number of hydrogen-bond donors (Lipinski definition) is 0. The van der Waals surface area contributed by atoms with Crippen molar-refractivity contribution in [1.29, 1.82) is 0 Å². The van der Waals surface area contributed by atoms with E-state index >= 15 is 0 Å². The summed E-state index contributed by atoms with van der Waals surface area (Å²) in [5.74, 6) is -2.92. The fraction of sp³-hybridized carbons (Fsp3) is 0.226. The van der Waals surface area contributed by atoms with Crippen LogP contribution in [0.2, 0.25) is 0 Å². The third-order valence-electron chi connectivity index (χ3n) is 7.88. The van der Waals surface area contributed by atoms with Gasteiger partial charge in [-0.1, -0.05) is 74.5 Å².